The van der Waals surface area contributed by atoms with Crippen LogP contribution in [-0.4, -0.2) is 25.8 Å². The SMILES string of the molecule is C1C[C@H](OCC2CC2)CN1. The van der Waals surface area contributed by atoms with Gasteiger partial charge in [-0.2, -0.15) is 0 Å². The summed E-state index contributed by atoms with van der Waals surface area (Å²) in [6.07, 6.45) is 4.55. The lowest BCUT2D eigenvalue weighted by atomic mass is 10.3. The smallest absolute Gasteiger partial charge is 0.0711 e. The normalized spacial score (nSPS) is 33.0. The number of nitrogens with one attached hydrogen (secondary N) is 1. The molecule has 0 bridgehead atoms. The van der Waals surface area contributed by atoms with Crippen molar-refractivity contribution in [2.75, 3.05) is 19.7 Å². The van der Waals surface area contributed by atoms with Gasteiger partial charge in [-0.1, -0.05) is 0 Å². The fraction of sp³-hybridized carbons (Fsp3) is 1.00. The molecule has 1 N–H and O–H groups in total. The molecule has 0 amide bonds. The highest BCUT2D eigenvalue weighted by Gasteiger charge is 2.24. The van der Waals surface area contributed by atoms with Crippen molar-refractivity contribution in [1.82, 2.24) is 5.32 Å². The first-order valence-electron chi connectivity index (χ1n) is 4.27. The third-order valence-electron chi connectivity index (χ3n) is 2.28. The lowest BCUT2D eigenvalue weighted by Gasteiger charge is -2.08. The van der Waals surface area contributed by atoms with Crippen LogP contribution in [0.1, 0.15) is 19.3 Å². The van der Waals surface area contributed by atoms with E-state index >= 15 is 0 Å². The minimum absolute atomic E-state index is 0.528. The van der Waals surface area contributed by atoms with E-state index in [2.05, 4.69) is 5.32 Å². The standard InChI is InChI=1S/C8H15NO/c1-2-7(1)6-10-8-3-4-9-5-8/h7-9H,1-6H2/t8-/m0/s1. The Morgan fingerprint density at radius 2 is 2.20 bits per heavy atom. The Morgan fingerprint density at radius 3 is 2.80 bits per heavy atom. The van der Waals surface area contributed by atoms with Crippen LogP contribution in [0.25, 0.3) is 0 Å². The highest BCUT2D eigenvalue weighted by Crippen LogP contribution is 2.29. The van der Waals surface area contributed by atoms with Gasteiger partial charge in [-0.3, -0.25) is 0 Å². The molecular formula is C8H15NO. The molecule has 2 rings (SSSR count). The molecule has 0 aromatic carbocycles. The molecule has 0 unspecified atom stereocenters. The summed E-state index contributed by atoms with van der Waals surface area (Å²) in [6.45, 7) is 3.24. The highest BCUT2D eigenvalue weighted by atomic mass is 16.5. The van der Waals surface area contributed by atoms with Crippen LogP contribution in [0.3, 0.4) is 0 Å². The Kier molecular flexibility index (Phi) is 1.91. The Morgan fingerprint density at radius 1 is 1.30 bits per heavy atom. The quantitative estimate of drug-likeness (QED) is 0.627. The van der Waals surface area contributed by atoms with Crippen molar-refractivity contribution >= 4 is 0 Å². The van der Waals surface area contributed by atoms with E-state index in [4.69, 9.17) is 4.74 Å². The molecule has 2 heteroatoms. The monoisotopic (exact) mass is 141 g/mol. The van der Waals surface area contributed by atoms with Gasteiger partial charge in [-0.25, -0.2) is 0 Å². The van der Waals surface area contributed by atoms with E-state index in [1.54, 1.807) is 0 Å². The second-order valence-electron chi connectivity index (χ2n) is 3.39. The molecule has 2 nitrogen and oxygen atoms in total. The van der Waals surface area contributed by atoms with E-state index < -0.39 is 0 Å². The van der Waals surface area contributed by atoms with Gasteiger partial charge in [0.2, 0.25) is 0 Å². The van der Waals surface area contributed by atoms with E-state index in [9.17, 15) is 0 Å². The Hall–Kier alpha value is -0.0800. The third kappa shape index (κ3) is 1.70. The average molecular weight is 141 g/mol. The maximum Gasteiger partial charge on any atom is 0.0711 e. The Labute approximate surface area is 61.9 Å². The van der Waals surface area contributed by atoms with Crippen molar-refractivity contribution in [3.8, 4) is 0 Å². The number of ether oxygens (including phenoxy) is 1. The minimum atomic E-state index is 0.528. The van der Waals surface area contributed by atoms with Crippen molar-refractivity contribution in [2.24, 2.45) is 5.92 Å². The van der Waals surface area contributed by atoms with E-state index in [1.807, 2.05) is 0 Å². The molecule has 2 aliphatic rings. The molecule has 58 valence electrons. The maximum absolute atomic E-state index is 5.66. The van der Waals surface area contributed by atoms with Crippen LogP contribution < -0.4 is 5.32 Å². The molecule has 10 heavy (non-hydrogen) atoms. The maximum atomic E-state index is 5.66. The van der Waals surface area contributed by atoms with Crippen LogP contribution in [0, 0.1) is 5.92 Å². The first-order chi connectivity index (χ1) is 4.95. The topological polar surface area (TPSA) is 21.3 Å². The first kappa shape index (κ1) is 6.62. The number of rotatable bonds is 3. The first-order valence-corrected chi connectivity index (χ1v) is 4.27. The van der Waals surface area contributed by atoms with E-state index in [-0.39, 0.29) is 0 Å². The zero-order chi connectivity index (χ0) is 6.81. The van der Waals surface area contributed by atoms with E-state index in [1.165, 1.54) is 19.3 Å². The summed E-state index contributed by atoms with van der Waals surface area (Å²) in [5.74, 6) is 0.917. The van der Waals surface area contributed by atoms with Crippen molar-refractivity contribution in [3.63, 3.8) is 0 Å². The van der Waals surface area contributed by atoms with Crippen molar-refractivity contribution in [3.05, 3.63) is 0 Å². The summed E-state index contributed by atoms with van der Waals surface area (Å²) < 4.78 is 5.66. The summed E-state index contributed by atoms with van der Waals surface area (Å²) >= 11 is 0. The molecule has 1 saturated heterocycles. The van der Waals surface area contributed by atoms with Crippen molar-refractivity contribution in [1.29, 1.82) is 0 Å². The molecule has 1 aliphatic heterocycles. The van der Waals surface area contributed by atoms with Gasteiger partial charge in [0.05, 0.1) is 6.10 Å². The summed E-state index contributed by atoms with van der Waals surface area (Å²) in [5, 5.41) is 3.29. The Bertz CT molecular complexity index is 106. The van der Waals surface area contributed by atoms with Gasteiger partial charge in [0.25, 0.3) is 0 Å². The van der Waals surface area contributed by atoms with Crippen molar-refractivity contribution < 1.29 is 4.74 Å². The van der Waals surface area contributed by atoms with Gasteiger partial charge in [-0.05, 0) is 31.7 Å². The molecule has 0 aromatic rings. The van der Waals surface area contributed by atoms with Crippen LogP contribution >= 0.6 is 0 Å². The van der Waals surface area contributed by atoms with Gasteiger partial charge in [-0.15, -0.1) is 0 Å². The van der Waals surface area contributed by atoms with Gasteiger partial charge < -0.3 is 10.1 Å². The summed E-state index contributed by atoms with van der Waals surface area (Å²) in [5.41, 5.74) is 0. The lowest BCUT2D eigenvalue weighted by molar-refractivity contribution is 0.0594. The van der Waals surface area contributed by atoms with Crippen molar-refractivity contribution in [2.45, 2.75) is 25.4 Å². The second-order valence-corrected chi connectivity index (χ2v) is 3.39. The van der Waals surface area contributed by atoms with Crippen LogP contribution in [0.2, 0.25) is 0 Å². The molecule has 1 atom stereocenters. The zero-order valence-corrected chi connectivity index (χ0v) is 6.31. The molecule has 1 saturated carbocycles. The average Bonchev–Trinajstić information content (AvgIpc) is 2.63. The molecule has 1 heterocycles. The fourth-order valence-corrected chi connectivity index (χ4v) is 1.33. The zero-order valence-electron chi connectivity index (χ0n) is 6.31. The second kappa shape index (κ2) is 2.89. The predicted octanol–water partition coefficient (Wildman–Crippen LogP) is 0.775. The van der Waals surface area contributed by atoms with Gasteiger partial charge >= 0.3 is 0 Å². The predicted molar refractivity (Wildman–Crippen MR) is 40.0 cm³/mol. The van der Waals surface area contributed by atoms with E-state index in [0.717, 1.165) is 25.6 Å². The van der Waals surface area contributed by atoms with Gasteiger partial charge in [0.1, 0.15) is 0 Å². The van der Waals surface area contributed by atoms with Crippen LogP contribution in [0.5, 0.6) is 0 Å². The minimum Gasteiger partial charge on any atom is -0.377 e. The van der Waals surface area contributed by atoms with Gasteiger partial charge in [0, 0.05) is 13.2 Å². The van der Waals surface area contributed by atoms with Crippen LogP contribution in [0.4, 0.5) is 0 Å². The van der Waals surface area contributed by atoms with Crippen LogP contribution in [-0.2, 0) is 4.74 Å². The molecular weight excluding hydrogens is 126 g/mol. The largest absolute Gasteiger partial charge is 0.377 e. The fourth-order valence-electron chi connectivity index (χ4n) is 1.33. The molecule has 2 fully saturated rings. The number of hydrogen-bond donors (Lipinski definition) is 1. The Balaban J connectivity index is 1.59. The van der Waals surface area contributed by atoms with Gasteiger partial charge in [0.15, 0.2) is 0 Å². The number of hydrogen-bond acceptors (Lipinski definition) is 2. The van der Waals surface area contributed by atoms with E-state index in [0.29, 0.717) is 6.10 Å². The third-order valence-corrected chi connectivity index (χ3v) is 2.28. The van der Waals surface area contributed by atoms with Crippen LogP contribution in [0.15, 0.2) is 0 Å². The summed E-state index contributed by atoms with van der Waals surface area (Å²) in [4.78, 5) is 0. The summed E-state index contributed by atoms with van der Waals surface area (Å²) in [6, 6.07) is 0. The molecule has 0 aromatic heterocycles. The summed E-state index contributed by atoms with van der Waals surface area (Å²) in [7, 11) is 0. The molecule has 1 aliphatic carbocycles. The lowest BCUT2D eigenvalue weighted by Crippen LogP contribution is -2.17. The molecule has 0 radical (unpaired) electrons. The molecule has 0 spiro atoms. The highest BCUT2D eigenvalue weighted by molar-refractivity contribution is 4.75.